The topological polar surface area (TPSA) is 74.7 Å². The van der Waals surface area contributed by atoms with E-state index in [0.717, 1.165) is 22.5 Å². The van der Waals surface area contributed by atoms with Gasteiger partial charge in [-0.3, -0.25) is 4.79 Å². The summed E-state index contributed by atoms with van der Waals surface area (Å²) in [5.74, 6) is -2.51. The maximum Gasteiger partial charge on any atom is 0.307 e. The summed E-state index contributed by atoms with van der Waals surface area (Å²) in [5, 5.41) is 8.83. The van der Waals surface area contributed by atoms with E-state index in [1.165, 1.54) is 0 Å². The first-order valence-electron chi connectivity index (χ1n) is 5.50. The fourth-order valence-electron chi connectivity index (χ4n) is 1.97. The van der Waals surface area contributed by atoms with E-state index >= 15 is 0 Å². The molecule has 1 aromatic rings. The van der Waals surface area contributed by atoms with Gasteiger partial charge in [-0.2, -0.15) is 4.31 Å². The van der Waals surface area contributed by atoms with Crippen molar-refractivity contribution in [2.45, 2.75) is 11.3 Å². The highest BCUT2D eigenvalue weighted by atomic mass is 35.5. The quantitative estimate of drug-likeness (QED) is 0.920. The number of aliphatic carboxylic acids is 1. The number of hydrogen-bond acceptors (Lipinski definition) is 3. The fraction of sp³-hybridized carbons (Fsp3) is 0.364. The lowest BCUT2D eigenvalue weighted by atomic mass is 10.1. The number of hydrogen-bond donors (Lipinski definition) is 1. The monoisotopic (exact) mass is 307 g/mol. The predicted molar refractivity (Wildman–Crippen MR) is 65.9 cm³/mol. The van der Waals surface area contributed by atoms with Crippen molar-refractivity contribution in [3.63, 3.8) is 0 Å². The van der Waals surface area contributed by atoms with E-state index in [-0.39, 0.29) is 29.4 Å². The largest absolute Gasteiger partial charge is 0.481 e. The SMILES string of the molecule is O=C(O)C1CCN(S(=O)(=O)c2cc(F)cc(Cl)c2)C1. The van der Waals surface area contributed by atoms with Gasteiger partial charge in [-0.25, -0.2) is 12.8 Å². The first-order valence-corrected chi connectivity index (χ1v) is 7.31. The van der Waals surface area contributed by atoms with Crippen molar-refractivity contribution in [2.75, 3.05) is 13.1 Å². The Morgan fingerprint density at radius 2 is 2.11 bits per heavy atom. The van der Waals surface area contributed by atoms with E-state index in [1.54, 1.807) is 0 Å². The number of benzene rings is 1. The van der Waals surface area contributed by atoms with Crippen LogP contribution in [-0.4, -0.2) is 36.9 Å². The molecule has 1 atom stereocenters. The van der Waals surface area contributed by atoms with Gasteiger partial charge in [0.05, 0.1) is 10.8 Å². The van der Waals surface area contributed by atoms with Crippen molar-refractivity contribution in [2.24, 2.45) is 5.92 Å². The second-order valence-electron chi connectivity index (χ2n) is 4.29. The molecular formula is C11H11ClFNO4S. The van der Waals surface area contributed by atoms with Gasteiger partial charge in [-0.15, -0.1) is 0 Å². The summed E-state index contributed by atoms with van der Waals surface area (Å²) in [6, 6.07) is 3.02. The van der Waals surface area contributed by atoms with E-state index in [2.05, 4.69) is 0 Å². The molecule has 0 bridgehead atoms. The summed E-state index contributed by atoms with van der Waals surface area (Å²) in [6.45, 7) is -0.000762. The second kappa shape index (κ2) is 5.07. The van der Waals surface area contributed by atoms with Crippen molar-refractivity contribution < 1.29 is 22.7 Å². The Morgan fingerprint density at radius 1 is 1.42 bits per heavy atom. The molecule has 1 N–H and O–H groups in total. The van der Waals surface area contributed by atoms with Crippen LogP contribution in [0.15, 0.2) is 23.1 Å². The van der Waals surface area contributed by atoms with Crippen LogP contribution in [0.2, 0.25) is 5.02 Å². The second-order valence-corrected chi connectivity index (χ2v) is 6.67. The molecule has 1 aliphatic rings. The van der Waals surface area contributed by atoms with Crippen molar-refractivity contribution >= 4 is 27.6 Å². The molecule has 104 valence electrons. The van der Waals surface area contributed by atoms with Gasteiger partial charge in [0.25, 0.3) is 0 Å². The van der Waals surface area contributed by atoms with E-state index < -0.39 is 27.7 Å². The average molecular weight is 308 g/mol. The van der Waals surface area contributed by atoms with Gasteiger partial charge in [-0.05, 0) is 24.6 Å². The molecule has 0 radical (unpaired) electrons. The van der Waals surface area contributed by atoms with Crippen LogP contribution in [0.1, 0.15) is 6.42 Å². The molecule has 0 saturated carbocycles. The number of rotatable bonds is 3. The third kappa shape index (κ3) is 2.88. The number of halogens is 2. The summed E-state index contributed by atoms with van der Waals surface area (Å²) in [4.78, 5) is 10.6. The minimum Gasteiger partial charge on any atom is -0.481 e. The number of carbonyl (C=O) groups is 1. The van der Waals surface area contributed by atoms with Gasteiger partial charge in [0.1, 0.15) is 5.82 Å². The number of carboxylic acid groups (broad SMARTS) is 1. The molecule has 0 aromatic heterocycles. The maximum absolute atomic E-state index is 13.2. The van der Waals surface area contributed by atoms with Crippen LogP contribution in [0.5, 0.6) is 0 Å². The van der Waals surface area contributed by atoms with Gasteiger partial charge in [0.2, 0.25) is 10.0 Å². The fourth-order valence-corrected chi connectivity index (χ4v) is 3.82. The molecule has 1 unspecified atom stereocenters. The highest BCUT2D eigenvalue weighted by Crippen LogP contribution is 2.26. The summed E-state index contributed by atoms with van der Waals surface area (Å²) in [6.07, 6.45) is 0.248. The Hall–Kier alpha value is -1.18. The maximum atomic E-state index is 13.2. The first-order chi connectivity index (χ1) is 8.80. The highest BCUT2D eigenvalue weighted by Gasteiger charge is 2.36. The first kappa shape index (κ1) is 14.2. The predicted octanol–water partition coefficient (Wildman–Crippen LogP) is 1.57. The molecule has 0 aliphatic carbocycles. The minimum atomic E-state index is -3.90. The standard InChI is InChI=1S/C11H11ClFNO4S/c12-8-3-9(13)5-10(4-8)19(17,18)14-2-1-7(6-14)11(15)16/h3-5,7H,1-2,6H2,(H,15,16). The molecule has 8 heteroatoms. The molecule has 0 amide bonds. The van der Waals surface area contributed by atoms with Crippen molar-refractivity contribution in [1.29, 1.82) is 0 Å². The normalized spacial score (nSPS) is 20.6. The Kier molecular flexibility index (Phi) is 3.80. The Bertz CT molecular complexity index is 599. The molecule has 19 heavy (non-hydrogen) atoms. The molecule has 1 aromatic carbocycles. The molecule has 1 aliphatic heterocycles. The van der Waals surface area contributed by atoms with Crippen LogP contribution < -0.4 is 0 Å². The lowest BCUT2D eigenvalue weighted by Crippen LogP contribution is -2.30. The van der Waals surface area contributed by atoms with E-state index in [9.17, 15) is 17.6 Å². The number of carboxylic acids is 1. The molecule has 1 saturated heterocycles. The van der Waals surface area contributed by atoms with Crippen molar-refractivity contribution in [3.8, 4) is 0 Å². The molecular weight excluding hydrogens is 297 g/mol. The zero-order chi connectivity index (χ0) is 14.2. The zero-order valence-electron chi connectivity index (χ0n) is 9.71. The molecule has 0 spiro atoms. The third-order valence-electron chi connectivity index (χ3n) is 2.97. The minimum absolute atomic E-state index is 0.0208. The van der Waals surface area contributed by atoms with Crippen LogP contribution in [-0.2, 0) is 14.8 Å². The average Bonchev–Trinajstić information content (AvgIpc) is 2.77. The van der Waals surface area contributed by atoms with Crippen LogP contribution in [0.25, 0.3) is 0 Å². The Labute approximate surface area is 114 Å². The van der Waals surface area contributed by atoms with Crippen LogP contribution in [0, 0.1) is 11.7 Å². The van der Waals surface area contributed by atoms with Gasteiger partial charge >= 0.3 is 5.97 Å². The highest BCUT2D eigenvalue weighted by molar-refractivity contribution is 7.89. The van der Waals surface area contributed by atoms with Gasteiger partial charge < -0.3 is 5.11 Å². The van der Waals surface area contributed by atoms with Gasteiger partial charge in [-0.1, -0.05) is 11.6 Å². The van der Waals surface area contributed by atoms with Gasteiger partial charge in [0.15, 0.2) is 0 Å². The van der Waals surface area contributed by atoms with Gasteiger partial charge in [0, 0.05) is 18.1 Å². The summed E-state index contributed by atoms with van der Waals surface area (Å²) < 4.78 is 38.7. The van der Waals surface area contributed by atoms with Crippen LogP contribution in [0.4, 0.5) is 4.39 Å². The smallest absolute Gasteiger partial charge is 0.307 e. The molecule has 1 fully saturated rings. The molecule has 1 heterocycles. The van der Waals surface area contributed by atoms with Crippen molar-refractivity contribution in [1.82, 2.24) is 4.31 Å². The lowest BCUT2D eigenvalue weighted by Gasteiger charge is -2.16. The lowest BCUT2D eigenvalue weighted by molar-refractivity contribution is -0.141. The third-order valence-corrected chi connectivity index (χ3v) is 5.04. The summed E-state index contributed by atoms with van der Waals surface area (Å²) in [5.41, 5.74) is 0. The van der Waals surface area contributed by atoms with Crippen LogP contribution >= 0.6 is 11.6 Å². The summed E-state index contributed by atoms with van der Waals surface area (Å²) >= 11 is 5.62. The summed E-state index contributed by atoms with van der Waals surface area (Å²) in [7, 11) is -3.90. The van der Waals surface area contributed by atoms with E-state index in [4.69, 9.17) is 16.7 Å². The Balaban J connectivity index is 2.31. The molecule has 2 rings (SSSR count). The zero-order valence-corrected chi connectivity index (χ0v) is 11.3. The van der Waals surface area contributed by atoms with Crippen LogP contribution in [0.3, 0.4) is 0 Å². The molecule has 5 nitrogen and oxygen atoms in total. The van der Waals surface area contributed by atoms with E-state index in [0.29, 0.717) is 0 Å². The number of sulfonamides is 1. The van der Waals surface area contributed by atoms with E-state index in [1.807, 2.05) is 0 Å². The van der Waals surface area contributed by atoms with Crippen molar-refractivity contribution in [3.05, 3.63) is 29.0 Å². The Morgan fingerprint density at radius 3 is 2.63 bits per heavy atom. The number of nitrogens with zero attached hydrogens (tertiary/aromatic N) is 1.